The van der Waals surface area contributed by atoms with Gasteiger partial charge in [-0.15, -0.1) is 0 Å². The van der Waals surface area contributed by atoms with Gasteiger partial charge in [-0.25, -0.2) is 0 Å². The van der Waals surface area contributed by atoms with Gasteiger partial charge in [0.25, 0.3) is 0 Å². The molecule has 0 spiro atoms. The SMILES string of the molecule is COc1ccccc1NC(=O)CN[C@H](C)C1CCCCC1. The summed E-state index contributed by atoms with van der Waals surface area (Å²) in [6.45, 7) is 2.53. The first-order valence-corrected chi connectivity index (χ1v) is 7.87. The molecule has 4 heteroatoms. The van der Waals surface area contributed by atoms with E-state index in [0.29, 0.717) is 24.3 Å². The van der Waals surface area contributed by atoms with E-state index in [2.05, 4.69) is 17.6 Å². The summed E-state index contributed by atoms with van der Waals surface area (Å²) >= 11 is 0. The smallest absolute Gasteiger partial charge is 0.238 e. The quantitative estimate of drug-likeness (QED) is 0.846. The second-order valence-electron chi connectivity index (χ2n) is 5.82. The van der Waals surface area contributed by atoms with Crippen molar-refractivity contribution in [3.05, 3.63) is 24.3 Å². The van der Waals surface area contributed by atoms with Crippen LogP contribution in [0.15, 0.2) is 24.3 Å². The van der Waals surface area contributed by atoms with Crippen LogP contribution in [0.1, 0.15) is 39.0 Å². The van der Waals surface area contributed by atoms with Gasteiger partial charge in [0.05, 0.1) is 19.3 Å². The molecule has 0 unspecified atom stereocenters. The normalized spacial score (nSPS) is 17.2. The van der Waals surface area contributed by atoms with Gasteiger partial charge >= 0.3 is 0 Å². The predicted molar refractivity (Wildman–Crippen MR) is 85.7 cm³/mol. The first kappa shape index (κ1) is 15.8. The van der Waals surface area contributed by atoms with Gasteiger partial charge in [-0.2, -0.15) is 0 Å². The Kier molecular flexibility index (Phi) is 6.05. The Hall–Kier alpha value is -1.55. The number of carbonyl (C=O) groups excluding carboxylic acids is 1. The van der Waals surface area contributed by atoms with Crippen molar-refractivity contribution in [1.29, 1.82) is 0 Å². The molecule has 1 aromatic carbocycles. The molecule has 1 atom stereocenters. The number of amides is 1. The van der Waals surface area contributed by atoms with Crippen molar-refractivity contribution < 1.29 is 9.53 Å². The fourth-order valence-corrected chi connectivity index (χ4v) is 3.00. The zero-order valence-electron chi connectivity index (χ0n) is 13.0. The molecule has 0 bridgehead atoms. The fourth-order valence-electron chi connectivity index (χ4n) is 3.00. The highest BCUT2D eigenvalue weighted by Gasteiger charge is 2.20. The summed E-state index contributed by atoms with van der Waals surface area (Å²) in [5, 5.41) is 6.25. The number of para-hydroxylation sites is 2. The van der Waals surface area contributed by atoms with Gasteiger partial charge in [0, 0.05) is 6.04 Å². The van der Waals surface area contributed by atoms with E-state index >= 15 is 0 Å². The zero-order chi connectivity index (χ0) is 15.1. The first-order valence-electron chi connectivity index (χ1n) is 7.87. The van der Waals surface area contributed by atoms with Crippen LogP contribution >= 0.6 is 0 Å². The van der Waals surface area contributed by atoms with Gasteiger partial charge in [0.1, 0.15) is 5.75 Å². The number of anilines is 1. The molecule has 2 rings (SSSR count). The topological polar surface area (TPSA) is 50.4 Å². The van der Waals surface area contributed by atoms with E-state index in [0.717, 1.165) is 5.69 Å². The van der Waals surface area contributed by atoms with Gasteiger partial charge in [0.15, 0.2) is 0 Å². The molecule has 1 fully saturated rings. The molecule has 1 aliphatic carbocycles. The highest BCUT2D eigenvalue weighted by atomic mass is 16.5. The van der Waals surface area contributed by atoms with Crippen LogP contribution in [0.5, 0.6) is 5.75 Å². The van der Waals surface area contributed by atoms with Crippen LogP contribution < -0.4 is 15.4 Å². The average molecular weight is 290 g/mol. The summed E-state index contributed by atoms with van der Waals surface area (Å²) in [6.07, 6.45) is 6.57. The zero-order valence-corrected chi connectivity index (χ0v) is 13.0. The number of ether oxygens (including phenoxy) is 1. The van der Waals surface area contributed by atoms with E-state index in [9.17, 15) is 4.79 Å². The van der Waals surface area contributed by atoms with Gasteiger partial charge in [-0.1, -0.05) is 31.4 Å². The molecule has 0 saturated heterocycles. The van der Waals surface area contributed by atoms with Crippen LogP contribution in [-0.4, -0.2) is 25.6 Å². The van der Waals surface area contributed by atoms with E-state index < -0.39 is 0 Å². The van der Waals surface area contributed by atoms with E-state index in [-0.39, 0.29) is 5.91 Å². The molecule has 1 amide bonds. The standard InChI is InChI=1S/C17H26N2O2/c1-13(14-8-4-3-5-9-14)18-12-17(20)19-15-10-6-7-11-16(15)21-2/h6-7,10-11,13-14,18H,3-5,8-9,12H2,1-2H3,(H,19,20)/t13-/m1/s1. The second-order valence-corrected chi connectivity index (χ2v) is 5.82. The van der Waals surface area contributed by atoms with Crippen molar-refractivity contribution >= 4 is 11.6 Å². The lowest BCUT2D eigenvalue weighted by Crippen LogP contribution is -2.39. The second kappa shape index (κ2) is 8.03. The first-order chi connectivity index (χ1) is 10.2. The molecule has 2 N–H and O–H groups in total. The van der Waals surface area contributed by atoms with Crippen LogP contribution in [0.3, 0.4) is 0 Å². The Bertz CT molecular complexity index is 456. The summed E-state index contributed by atoms with van der Waals surface area (Å²) in [6, 6.07) is 7.86. The van der Waals surface area contributed by atoms with Crippen molar-refractivity contribution in [3.63, 3.8) is 0 Å². The van der Waals surface area contributed by atoms with Crippen LogP contribution in [0.25, 0.3) is 0 Å². The number of rotatable bonds is 6. The summed E-state index contributed by atoms with van der Waals surface area (Å²) < 4.78 is 5.23. The largest absolute Gasteiger partial charge is 0.495 e. The number of nitrogens with one attached hydrogen (secondary N) is 2. The molecule has 0 aliphatic heterocycles. The number of carbonyl (C=O) groups is 1. The minimum atomic E-state index is -0.0258. The van der Waals surface area contributed by atoms with Crippen LogP contribution in [0.4, 0.5) is 5.69 Å². The lowest BCUT2D eigenvalue weighted by atomic mass is 9.84. The highest BCUT2D eigenvalue weighted by molar-refractivity contribution is 5.93. The molecule has 0 heterocycles. The Balaban J connectivity index is 1.79. The molecule has 1 saturated carbocycles. The molecule has 0 radical (unpaired) electrons. The van der Waals surface area contributed by atoms with Crippen LogP contribution in [0.2, 0.25) is 0 Å². The van der Waals surface area contributed by atoms with E-state index in [1.165, 1.54) is 32.1 Å². The third kappa shape index (κ3) is 4.74. The van der Waals surface area contributed by atoms with Gasteiger partial charge in [-0.05, 0) is 37.8 Å². The number of benzene rings is 1. The lowest BCUT2D eigenvalue weighted by molar-refractivity contribution is -0.115. The fraction of sp³-hybridized carbons (Fsp3) is 0.588. The molecular formula is C17H26N2O2. The third-order valence-electron chi connectivity index (χ3n) is 4.32. The van der Waals surface area contributed by atoms with Gasteiger partial charge in [-0.3, -0.25) is 4.79 Å². The summed E-state index contributed by atoms with van der Waals surface area (Å²) in [7, 11) is 1.61. The Morgan fingerprint density at radius 2 is 2.00 bits per heavy atom. The number of methoxy groups -OCH3 is 1. The number of hydrogen-bond acceptors (Lipinski definition) is 3. The van der Waals surface area contributed by atoms with Crippen molar-refractivity contribution in [2.24, 2.45) is 5.92 Å². The summed E-state index contributed by atoms with van der Waals surface area (Å²) in [5.74, 6) is 1.37. The van der Waals surface area contributed by atoms with Crippen molar-refractivity contribution in [2.45, 2.75) is 45.1 Å². The monoisotopic (exact) mass is 290 g/mol. The molecule has 116 valence electrons. The minimum Gasteiger partial charge on any atom is -0.495 e. The third-order valence-corrected chi connectivity index (χ3v) is 4.32. The Morgan fingerprint density at radius 1 is 1.29 bits per heavy atom. The lowest BCUT2D eigenvalue weighted by Gasteiger charge is -2.28. The van der Waals surface area contributed by atoms with E-state index in [1.807, 2.05) is 24.3 Å². The summed E-state index contributed by atoms with van der Waals surface area (Å²) in [5.41, 5.74) is 0.720. The van der Waals surface area contributed by atoms with E-state index in [4.69, 9.17) is 4.74 Å². The maximum atomic E-state index is 12.0. The molecule has 1 aliphatic rings. The molecule has 21 heavy (non-hydrogen) atoms. The van der Waals surface area contributed by atoms with Crippen molar-refractivity contribution in [1.82, 2.24) is 5.32 Å². The van der Waals surface area contributed by atoms with Gasteiger partial charge in [0.2, 0.25) is 5.91 Å². The molecule has 1 aromatic rings. The maximum absolute atomic E-state index is 12.0. The molecule has 4 nitrogen and oxygen atoms in total. The Morgan fingerprint density at radius 3 is 2.71 bits per heavy atom. The summed E-state index contributed by atoms with van der Waals surface area (Å²) in [4.78, 5) is 12.0. The van der Waals surface area contributed by atoms with Crippen molar-refractivity contribution in [3.8, 4) is 5.75 Å². The van der Waals surface area contributed by atoms with Gasteiger partial charge < -0.3 is 15.4 Å². The number of hydrogen-bond donors (Lipinski definition) is 2. The minimum absolute atomic E-state index is 0.0258. The Labute approximate surface area is 127 Å². The molecule has 0 aromatic heterocycles. The van der Waals surface area contributed by atoms with Crippen LogP contribution in [0, 0.1) is 5.92 Å². The van der Waals surface area contributed by atoms with Crippen LogP contribution in [-0.2, 0) is 4.79 Å². The predicted octanol–water partition coefficient (Wildman–Crippen LogP) is 3.19. The van der Waals surface area contributed by atoms with Crippen molar-refractivity contribution in [2.75, 3.05) is 19.0 Å². The highest BCUT2D eigenvalue weighted by Crippen LogP contribution is 2.26. The van der Waals surface area contributed by atoms with E-state index in [1.54, 1.807) is 7.11 Å². The maximum Gasteiger partial charge on any atom is 0.238 e. The molecular weight excluding hydrogens is 264 g/mol. The average Bonchev–Trinajstić information content (AvgIpc) is 2.54.